The Labute approximate surface area is 171 Å². The molecule has 1 aromatic heterocycles. The number of benzene rings is 1. The molecule has 7 nitrogen and oxygen atoms in total. The van der Waals surface area contributed by atoms with E-state index in [1.54, 1.807) is 26.0 Å². The van der Waals surface area contributed by atoms with Crippen LogP contribution in [-0.4, -0.2) is 36.0 Å². The van der Waals surface area contributed by atoms with Crippen LogP contribution in [0.1, 0.15) is 26.3 Å². The maximum Gasteiger partial charge on any atom is 0.417 e. The Morgan fingerprint density at radius 2 is 1.73 bits per heavy atom. The van der Waals surface area contributed by atoms with Crippen molar-refractivity contribution >= 4 is 11.7 Å². The van der Waals surface area contributed by atoms with E-state index in [0.717, 1.165) is 17.8 Å². The third-order valence-corrected chi connectivity index (χ3v) is 3.42. The number of nitrogens with zero attached hydrogens (tertiary/aromatic N) is 2. The molecule has 0 saturated heterocycles. The fraction of sp³-hybridized carbons (Fsp3) is 0.350. The van der Waals surface area contributed by atoms with Crippen LogP contribution in [0.25, 0.3) is 0 Å². The minimum absolute atomic E-state index is 0.0124. The molecule has 30 heavy (non-hydrogen) atoms. The van der Waals surface area contributed by atoms with E-state index in [1.165, 1.54) is 19.1 Å². The fourth-order valence-electron chi connectivity index (χ4n) is 2.04. The van der Waals surface area contributed by atoms with Gasteiger partial charge in [0.25, 0.3) is 0 Å². The van der Waals surface area contributed by atoms with E-state index in [4.69, 9.17) is 19.0 Å². The lowest BCUT2D eigenvalue weighted by Crippen LogP contribution is -2.27. The molecule has 0 aliphatic heterocycles. The molecule has 0 aliphatic rings. The zero-order valence-electron chi connectivity index (χ0n) is 16.6. The van der Waals surface area contributed by atoms with Gasteiger partial charge in [-0.25, -0.2) is 9.78 Å². The number of rotatable bonds is 9. The maximum absolute atomic E-state index is 12.5. The number of halogens is 3. The zero-order chi connectivity index (χ0) is 22.1. The highest BCUT2D eigenvalue weighted by atomic mass is 19.4. The van der Waals surface area contributed by atoms with Crippen molar-refractivity contribution in [1.29, 1.82) is 0 Å². The average Bonchev–Trinajstić information content (AvgIpc) is 2.68. The Morgan fingerprint density at radius 1 is 1.07 bits per heavy atom. The summed E-state index contributed by atoms with van der Waals surface area (Å²) in [6.07, 6.45) is -4.62. The van der Waals surface area contributed by atoms with Crippen molar-refractivity contribution in [2.45, 2.75) is 33.1 Å². The number of ether oxygens (including phenoxy) is 3. The second-order valence-corrected chi connectivity index (χ2v) is 6.26. The highest BCUT2D eigenvalue weighted by Gasteiger charge is 2.30. The van der Waals surface area contributed by atoms with Gasteiger partial charge in [-0.1, -0.05) is 5.16 Å². The van der Waals surface area contributed by atoms with Crippen LogP contribution < -0.4 is 9.47 Å². The first-order valence-corrected chi connectivity index (χ1v) is 8.93. The SMILES string of the molecule is CC(C)=NOCCOC(=O)C(C)Oc1ccc(Oc2ccc(C(F)(F)F)cn2)cc1. The summed E-state index contributed by atoms with van der Waals surface area (Å²) in [5.41, 5.74) is -0.112. The van der Waals surface area contributed by atoms with Crippen LogP contribution in [0.3, 0.4) is 0 Å². The Bertz CT molecular complexity index is 848. The van der Waals surface area contributed by atoms with Gasteiger partial charge in [-0.3, -0.25) is 0 Å². The summed E-state index contributed by atoms with van der Waals surface area (Å²) in [6.45, 7) is 5.26. The Morgan fingerprint density at radius 3 is 2.30 bits per heavy atom. The zero-order valence-corrected chi connectivity index (χ0v) is 16.6. The number of alkyl halides is 3. The molecule has 1 unspecified atom stereocenters. The van der Waals surface area contributed by atoms with E-state index in [-0.39, 0.29) is 19.1 Å². The summed E-state index contributed by atoms with van der Waals surface area (Å²) in [6, 6.07) is 8.17. The van der Waals surface area contributed by atoms with Crippen molar-refractivity contribution < 1.29 is 37.0 Å². The van der Waals surface area contributed by atoms with Gasteiger partial charge >= 0.3 is 12.1 Å². The van der Waals surface area contributed by atoms with E-state index >= 15 is 0 Å². The molecule has 0 N–H and O–H groups in total. The minimum atomic E-state index is -4.46. The molecule has 1 heterocycles. The van der Waals surface area contributed by atoms with Crippen molar-refractivity contribution in [3.63, 3.8) is 0 Å². The van der Waals surface area contributed by atoms with Crippen LogP contribution in [0.2, 0.25) is 0 Å². The molecule has 0 radical (unpaired) electrons. The van der Waals surface area contributed by atoms with Gasteiger partial charge in [0.05, 0.1) is 11.3 Å². The predicted molar refractivity (Wildman–Crippen MR) is 102 cm³/mol. The van der Waals surface area contributed by atoms with E-state index in [9.17, 15) is 18.0 Å². The molecule has 2 rings (SSSR count). The minimum Gasteiger partial charge on any atom is -0.479 e. The van der Waals surface area contributed by atoms with Gasteiger partial charge in [-0.15, -0.1) is 0 Å². The first-order valence-electron chi connectivity index (χ1n) is 8.93. The highest BCUT2D eigenvalue weighted by molar-refractivity contribution is 5.78. The van der Waals surface area contributed by atoms with Gasteiger partial charge in [0.1, 0.15) is 18.1 Å². The third-order valence-electron chi connectivity index (χ3n) is 3.42. The van der Waals surface area contributed by atoms with E-state index in [0.29, 0.717) is 17.7 Å². The van der Waals surface area contributed by atoms with E-state index in [2.05, 4.69) is 10.1 Å². The van der Waals surface area contributed by atoms with Crippen molar-refractivity contribution in [3.05, 3.63) is 48.2 Å². The third kappa shape index (κ3) is 7.61. The van der Waals surface area contributed by atoms with Crippen molar-refractivity contribution in [1.82, 2.24) is 4.98 Å². The Kier molecular flexibility index (Phi) is 8.02. The molecule has 1 atom stereocenters. The summed E-state index contributed by atoms with van der Waals surface area (Å²) < 4.78 is 53.5. The van der Waals surface area contributed by atoms with Gasteiger partial charge in [0.15, 0.2) is 12.7 Å². The van der Waals surface area contributed by atoms with Crippen LogP contribution in [0.4, 0.5) is 13.2 Å². The molecule has 0 bridgehead atoms. The van der Waals surface area contributed by atoms with E-state index in [1.807, 2.05) is 0 Å². The number of pyridine rings is 1. The van der Waals surface area contributed by atoms with Crippen LogP contribution >= 0.6 is 0 Å². The van der Waals surface area contributed by atoms with E-state index < -0.39 is 23.8 Å². The molecule has 0 saturated carbocycles. The first kappa shape index (κ1) is 23.0. The normalized spacial score (nSPS) is 11.9. The molecule has 2 aromatic rings. The number of oxime groups is 1. The molecule has 162 valence electrons. The first-order chi connectivity index (χ1) is 14.1. The lowest BCUT2D eigenvalue weighted by Gasteiger charge is -2.14. The van der Waals surface area contributed by atoms with Crippen LogP contribution in [0, 0.1) is 0 Å². The van der Waals surface area contributed by atoms with Crippen LogP contribution in [-0.2, 0) is 20.5 Å². The number of hydrogen-bond acceptors (Lipinski definition) is 7. The fourth-order valence-corrected chi connectivity index (χ4v) is 2.04. The molecule has 0 fully saturated rings. The number of carbonyl (C=O) groups excluding carboxylic acids is 1. The van der Waals surface area contributed by atoms with Gasteiger partial charge in [0.2, 0.25) is 5.88 Å². The average molecular weight is 426 g/mol. The number of hydrogen-bond donors (Lipinski definition) is 0. The Balaban J connectivity index is 1.82. The summed E-state index contributed by atoms with van der Waals surface area (Å²) in [5.74, 6) is 0.173. The topological polar surface area (TPSA) is 79.2 Å². The lowest BCUT2D eigenvalue weighted by atomic mass is 10.3. The summed E-state index contributed by atoms with van der Waals surface area (Å²) in [4.78, 5) is 20.5. The van der Waals surface area contributed by atoms with Crippen molar-refractivity contribution in [3.8, 4) is 17.4 Å². The van der Waals surface area contributed by atoms with Gasteiger partial charge in [-0.05, 0) is 51.1 Å². The number of aromatic nitrogens is 1. The molecule has 10 heteroatoms. The summed E-state index contributed by atoms with van der Waals surface area (Å²) >= 11 is 0. The smallest absolute Gasteiger partial charge is 0.417 e. The molecule has 0 amide bonds. The molecular formula is C20H21F3N2O5. The van der Waals surface area contributed by atoms with Crippen LogP contribution in [0.5, 0.6) is 17.4 Å². The Hall–Kier alpha value is -3.30. The molecular weight excluding hydrogens is 405 g/mol. The van der Waals surface area contributed by atoms with Crippen LogP contribution in [0.15, 0.2) is 47.8 Å². The predicted octanol–water partition coefficient (Wildman–Crippen LogP) is 4.62. The number of carbonyl (C=O) groups is 1. The molecule has 0 spiro atoms. The molecule has 0 aliphatic carbocycles. The second kappa shape index (κ2) is 10.5. The summed E-state index contributed by atoms with van der Waals surface area (Å²) in [7, 11) is 0. The second-order valence-electron chi connectivity index (χ2n) is 6.26. The van der Waals surface area contributed by atoms with Gasteiger partial charge in [-0.2, -0.15) is 13.2 Å². The number of esters is 1. The van der Waals surface area contributed by atoms with Gasteiger partial charge < -0.3 is 19.0 Å². The highest BCUT2D eigenvalue weighted by Crippen LogP contribution is 2.30. The summed E-state index contributed by atoms with van der Waals surface area (Å²) in [5, 5.41) is 3.72. The largest absolute Gasteiger partial charge is 0.479 e. The standard InChI is InChI=1S/C20H21F3N2O5/c1-13(2)25-28-11-10-27-19(26)14(3)29-16-5-7-17(8-6-16)30-18-9-4-15(12-24-18)20(21,22)23/h4-9,12,14H,10-11H2,1-3H3. The lowest BCUT2D eigenvalue weighted by molar-refractivity contribution is -0.152. The maximum atomic E-state index is 12.5. The quantitative estimate of drug-likeness (QED) is 0.252. The monoisotopic (exact) mass is 426 g/mol. The molecule has 1 aromatic carbocycles. The van der Waals surface area contributed by atoms with Crippen molar-refractivity contribution in [2.24, 2.45) is 5.16 Å². The van der Waals surface area contributed by atoms with Crippen molar-refractivity contribution in [2.75, 3.05) is 13.2 Å². The van der Waals surface area contributed by atoms with Gasteiger partial charge in [0, 0.05) is 12.3 Å².